The van der Waals surface area contributed by atoms with Crippen LogP contribution in [0, 0.1) is 5.82 Å². The van der Waals surface area contributed by atoms with E-state index in [-0.39, 0.29) is 28.9 Å². The maximum Gasteiger partial charge on any atom is 0.573 e. The maximum absolute atomic E-state index is 14.1. The van der Waals surface area contributed by atoms with Crippen LogP contribution in [0.5, 0.6) is 5.75 Å². The zero-order chi connectivity index (χ0) is 20.5. The van der Waals surface area contributed by atoms with Crippen molar-refractivity contribution < 1.29 is 27.1 Å². The lowest BCUT2D eigenvalue weighted by atomic mass is 9.88. The Kier molecular flexibility index (Phi) is 5.30. The second-order valence-electron chi connectivity index (χ2n) is 6.46. The average Bonchev–Trinajstić information content (AvgIpc) is 2.64. The van der Waals surface area contributed by atoms with Crippen LogP contribution in [0.25, 0.3) is 0 Å². The largest absolute Gasteiger partial charge is 0.573 e. The van der Waals surface area contributed by atoms with E-state index in [9.17, 15) is 22.4 Å². The molecule has 4 N–H and O–H groups in total. The Hall–Kier alpha value is -3.04. The molecule has 0 bridgehead atoms. The summed E-state index contributed by atoms with van der Waals surface area (Å²) in [4.78, 5) is 17.8. The van der Waals surface area contributed by atoms with Crippen LogP contribution in [0.15, 0.2) is 30.5 Å². The van der Waals surface area contributed by atoms with Gasteiger partial charge in [0.25, 0.3) is 5.91 Å². The molecule has 10 heteroatoms. The third-order valence-electron chi connectivity index (χ3n) is 4.67. The van der Waals surface area contributed by atoms with Crippen molar-refractivity contribution in [3.05, 3.63) is 47.4 Å². The molecule has 3 rings (SSSR count). The van der Waals surface area contributed by atoms with Crippen LogP contribution >= 0.6 is 0 Å². The van der Waals surface area contributed by atoms with E-state index in [1.165, 1.54) is 12.1 Å². The van der Waals surface area contributed by atoms with E-state index >= 15 is 0 Å². The van der Waals surface area contributed by atoms with Crippen LogP contribution in [0.4, 0.5) is 29.1 Å². The van der Waals surface area contributed by atoms with Crippen molar-refractivity contribution >= 4 is 17.4 Å². The van der Waals surface area contributed by atoms with Crippen LogP contribution in [-0.2, 0) is 0 Å². The van der Waals surface area contributed by atoms with Gasteiger partial charge < -0.3 is 21.1 Å². The van der Waals surface area contributed by atoms with Gasteiger partial charge in [-0.2, -0.15) is 0 Å². The molecule has 0 saturated carbocycles. The van der Waals surface area contributed by atoms with Gasteiger partial charge >= 0.3 is 6.36 Å². The highest BCUT2D eigenvalue weighted by Crippen LogP contribution is 2.35. The van der Waals surface area contributed by atoms with Crippen molar-refractivity contribution in [1.29, 1.82) is 0 Å². The number of nitrogens with two attached hydrogens (primary N) is 2. The van der Waals surface area contributed by atoms with E-state index in [1.807, 2.05) is 0 Å². The minimum atomic E-state index is -4.79. The predicted molar refractivity (Wildman–Crippen MR) is 94.0 cm³/mol. The maximum atomic E-state index is 14.1. The SMILES string of the molecule is Nc1ncc(F)c(C2CCN(C(=O)c3ccc(OC(F)(F)F)cc3)CC2)c1N. The number of ether oxygens (including phenoxy) is 1. The monoisotopic (exact) mass is 398 g/mol. The van der Waals surface area contributed by atoms with Crippen molar-refractivity contribution in [3.63, 3.8) is 0 Å². The summed E-state index contributed by atoms with van der Waals surface area (Å²) < 4.78 is 54.5. The first-order valence-corrected chi connectivity index (χ1v) is 8.50. The second kappa shape index (κ2) is 7.53. The molecule has 1 aliphatic heterocycles. The summed E-state index contributed by atoms with van der Waals surface area (Å²) in [5.41, 5.74) is 12.2. The number of nitrogen functional groups attached to an aromatic ring is 2. The minimum Gasteiger partial charge on any atom is -0.406 e. The standard InChI is InChI=1S/C18H18F4N4O2/c19-13-9-25-16(24)15(23)14(13)10-5-7-26(8-6-10)17(27)11-1-3-12(4-2-11)28-18(20,21)22/h1-4,9-10H,5-8,23H2,(H2,24,25). The summed E-state index contributed by atoms with van der Waals surface area (Å²) in [5, 5.41) is 0. The van der Waals surface area contributed by atoms with Crippen molar-refractivity contribution in [2.24, 2.45) is 0 Å². The Morgan fingerprint density at radius 1 is 1.14 bits per heavy atom. The fourth-order valence-electron chi connectivity index (χ4n) is 3.30. The Morgan fingerprint density at radius 2 is 1.75 bits per heavy atom. The molecule has 150 valence electrons. The molecule has 28 heavy (non-hydrogen) atoms. The zero-order valence-corrected chi connectivity index (χ0v) is 14.7. The zero-order valence-electron chi connectivity index (χ0n) is 14.7. The topological polar surface area (TPSA) is 94.5 Å². The molecule has 0 atom stereocenters. The number of piperidine rings is 1. The Balaban J connectivity index is 1.65. The molecule has 1 saturated heterocycles. The molecule has 2 heterocycles. The van der Waals surface area contributed by atoms with Crippen LogP contribution in [0.2, 0.25) is 0 Å². The molecule has 1 amide bonds. The fourth-order valence-corrected chi connectivity index (χ4v) is 3.30. The Morgan fingerprint density at radius 3 is 2.32 bits per heavy atom. The van der Waals surface area contributed by atoms with E-state index in [0.717, 1.165) is 18.3 Å². The van der Waals surface area contributed by atoms with Gasteiger partial charge in [0, 0.05) is 24.2 Å². The Labute approximate surface area is 158 Å². The van der Waals surface area contributed by atoms with Crippen molar-refractivity contribution in [2.45, 2.75) is 25.1 Å². The van der Waals surface area contributed by atoms with Crippen LogP contribution in [-0.4, -0.2) is 35.2 Å². The number of aromatic nitrogens is 1. The molecular formula is C18H18F4N4O2. The first-order chi connectivity index (χ1) is 13.2. The highest BCUT2D eigenvalue weighted by atomic mass is 19.4. The minimum absolute atomic E-state index is 0.0658. The molecule has 2 aromatic rings. The second-order valence-corrected chi connectivity index (χ2v) is 6.46. The number of carbonyl (C=O) groups excluding carboxylic acids is 1. The number of carbonyl (C=O) groups is 1. The summed E-state index contributed by atoms with van der Waals surface area (Å²) in [7, 11) is 0. The van der Waals surface area contributed by atoms with Gasteiger partial charge in [0.2, 0.25) is 0 Å². The molecule has 0 spiro atoms. The smallest absolute Gasteiger partial charge is 0.406 e. The number of nitrogens with zero attached hydrogens (tertiary/aromatic N) is 2. The lowest BCUT2D eigenvalue weighted by Gasteiger charge is -2.33. The number of alkyl halides is 3. The number of likely N-dealkylation sites (tertiary alicyclic amines) is 1. The van der Waals surface area contributed by atoms with Gasteiger partial charge in [-0.1, -0.05) is 0 Å². The molecule has 1 aromatic heterocycles. The number of halogens is 4. The summed E-state index contributed by atoms with van der Waals surface area (Å²) in [6.07, 6.45) is -2.80. The summed E-state index contributed by atoms with van der Waals surface area (Å²) in [6.45, 7) is 0.705. The molecule has 1 fully saturated rings. The van der Waals surface area contributed by atoms with Crippen LogP contribution in [0.3, 0.4) is 0 Å². The van der Waals surface area contributed by atoms with Crippen molar-refractivity contribution in [3.8, 4) is 5.75 Å². The molecule has 1 aromatic carbocycles. The molecule has 0 unspecified atom stereocenters. The van der Waals surface area contributed by atoms with E-state index < -0.39 is 17.9 Å². The van der Waals surface area contributed by atoms with E-state index in [0.29, 0.717) is 31.5 Å². The molecule has 1 aliphatic rings. The van der Waals surface area contributed by atoms with E-state index in [2.05, 4.69) is 9.72 Å². The van der Waals surface area contributed by atoms with Crippen LogP contribution < -0.4 is 16.2 Å². The fraction of sp³-hybridized carbons (Fsp3) is 0.333. The van der Waals surface area contributed by atoms with Gasteiger partial charge in [-0.25, -0.2) is 9.37 Å². The van der Waals surface area contributed by atoms with Gasteiger partial charge in [0.1, 0.15) is 17.4 Å². The van der Waals surface area contributed by atoms with Crippen molar-refractivity contribution in [1.82, 2.24) is 9.88 Å². The lowest BCUT2D eigenvalue weighted by molar-refractivity contribution is -0.274. The summed E-state index contributed by atoms with van der Waals surface area (Å²) >= 11 is 0. The number of pyridine rings is 1. The molecular weight excluding hydrogens is 380 g/mol. The number of anilines is 2. The normalized spacial score (nSPS) is 15.5. The molecule has 0 radical (unpaired) electrons. The van der Waals surface area contributed by atoms with Crippen LogP contribution in [0.1, 0.15) is 34.7 Å². The van der Waals surface area contributed by atoms with Gasteiger partial charge in [0.05, 0.1) is 11.9 Å². The third-order valence-corrected chi connectivity index (χ3v) is 4.67. The number of hydrogen-bond acceptors (Lipinski definition) is 5. The highest BCUT2D eigenvalue weighted by Gasteiger charge is 2.31. The lowest BCUT2D eigenvalue weighted by Crippen LogP contribution is -2.38. The van der Waals surface area contributed by atoms with E-state index in [1.54, 1.807) is 4.90 Å². The summed E-state index contributed by atoms with van der Waals surface area (Å²) in [5.74, 6) is -1.38. The summed E-state index contributed by atoms with van der Waals surface area (Å²) in [6, 6.07) is 4.72. The van der Waals surface area contributed by atoms with Gasteiger partial charge in [-0.3, -0.25) is 4.79 Å². The van der Waals surface area contributed by atoms with Gasteiger partial charge in [-0.05, 0) is 43.0 Å². The number of rotatable bonds is 3. The first-order valence-electron chi connectivity index (χ1n) is 8.50. The predicted octanol–water partition coefficient (Wildman–Crippen LogP) is 3.30. The van der Waals surface area contributed by atoms with E-state index in [4.69, 9.17) is 11.5 Å². The third kappa shape index (κ3) is 4.26. The molecule has 6 nitrogen and oxygen atoms in total. The first kappa shape index (κ1) is 19.7. The highest BCUT2D eigenvalue weighted by molar-refractivity contribution is 5.94. The number of benzene rings is 1. The average molecular weight is 398 g/mol. The number of amides is 1. The quantitative estimate of drug-likeness (QED) is 0.774. The molecule has 0 aliphatic carbocycles. The van der Waals surface area contributed by atoms with Gasteiger partial charge in [-0.15, -0.1) is 13.2 Å². The number of hydrogen-bond donors (Lipinski definition) is 2. The van der Waals surface area contributed by atoms with Gasteiger partial charge in [0.15, 0.2) is 0 Å². The Bertz CT molecular complexity index is 863. The van der Waals surface area contributed by atoms with Crippen molar-refractivity contribution in [2.75, 3.05) is 24.6 Å².